The second-order valence-electron chi connectivity index (χ2n) is 17.0. The Morgan fingerprint density at radius 1 is 0.836 bits per heavy atom. The molecule has 0 spiro atoms. The van der Waals surface area contributed by atoms with Crippen LogP contribution in [0.5, 0.6) is 0 Å². The molecule has 0 N–H and O–H groups in total. The minimum atomic E-state index is -4.80. The monoisotopic (exact) mass is 953 g/mol. The first-order chi connectivity index (χ1) is 26.4. The number of nitrogens with zero attached hydrogens (tertiary/aromatic N) is 2. The number of rotatable bonds is 14. The summed E-state index contributed by atoms with van der Waals surface area (Å²) >= 11 is 0.781. The maximum atomic E-state index is 12.2. The summed E-state index contributed by atoms with van der Waals surface area (Å²) in [6.45, 7) is 13.1. The molecule has 6 rings (SSSR count). The van der Waals surface area contributed by atoms with E-state index in [0.29, 0.717) is 35.4 Å². The van der Waals surface area contributed by atoms with Gasteiger partial charge in [-0.1, -0.05) is 61.1 Å². The first-order valence-corrected chi connectivity index (χ1v) is 24.4. The second-order valence-corrected chi connectivity index (χ2v) is 22.5. The Morgan fingerprint density at radius 2 is 1.44 bits per heavy atom. The van der Waals surface area contributed by atoms with Gasteiger partial charge in [-0.25, -0.2) is 8.42 Å². The number of hydrogen-bond donors (Lipinski definition) is 0. The van der Waals surface area contributed by atoms with Gasteiger partial charge in [-0.05, 0) is 111 Å². The van der Waals surface area contributed by atoms with E-state index in [1.165, 1.54) is 12.1 Å². The fraction of sp³-hybridized carbons (Fsp3) is 0.513. The minimum absolute atomic E-state index is 0. The Balaban J connectivity index is 0.00000320. The molecule has 2 atom stereocenters. The van der Waals surface area contributed by atoms with E-state index in [-0.39, 0.29) is 154 Å². The maximum absolute atomic E-state index is 12.2. The molecule has 0 saturated heterocycles. The first kappa shape index (κ1) is 58.7. The zero-order valence-electron chi connectivity index (χ0n) is 36.8. The Kier molecular flexibility index (Phi) is 21.1. The normalized spacial score (nSPS) is 23.3. The van der Waals surface area contributed by atoms with E-state index in [0.717, 1.165) is 52.3 Å². The number of hydrogen-bond acceptors (Lipinski definition) is 14. The molecule has 2 aromatic carbocycles. The van der Waals surface area contributed by atoms with Crippen molar-refractivity contribution >= 4 is 54.4 Å². The van der Waals surface area contributed by atoms with E-state index in [9.17, 15) is 46.9 Å². The smallest absolute Gasteiger partial charge is 0.811 e. The van der Waals surface area contributed by atoms with Crippen LogP contribution in [0, 0.1) is 10.8 Å². The van der Waals surface area contributed by atoms with Crippen molar-refractivity contribution in [3.63, 3.8) is 0 Å². The van der Waals surface area contributed by atoms with Gasteiger partial charge >= 0.3 is 118 Å². The molecule has 2 aliphatic carbocycles. The van der Waals surface area contributed by atoms with Gasteiger partial charge in [-0.2, -0.15) is 8.91 Å². The van der Waals surface area contributed by atoms with Crippen LogP contribution in [-0.2, 0) is 39.5 Å². The fourth-order valence-corrected chi connectivity index (χ4v) is 11.5. The predicted octanol–water partition coefficient (Wildman–Crippen LogP) is -8.04. The molecule has 1 fully saturated rings. The zero-order chi connectivity index (χ0) is 42.0. The van der Waals surface area contributed by atoms with Crippen LogP contribution >= 0.6 is 27.2 Å². The molecule has 0 amide bonds. The van der Waals surface area contributed by atoms with E-state index < -0.39 is 53.9 Å². The molecule has 2 aliphatic heterocycles. The van der Waals surface area contributed by atoms with E-state index in [2.05, 4.69) is 48.6 Å². The second kappa shape index (κ2) is 21.9. The molecule has 14 nitrogen and oxygen atoms in total. The summed E-state index contributed by atoms with van der Waals surface area (Å²) in [4.78, 5) is 48.9. The van der Waals surface area contributed by atoms with Gasteiger partial charge < -0.3 is 43.4 Å². The third-order valence-electron chi connectivity index (χ3n) is 13.1. The van der Waals surface area contributed by atoms with E-state index >= 15 is 0 Å². The number of benzene rings is 2. The Morgan fingerprint density at radius 3 is 2.05 bits per heavy atom. The van der Waals surface area contributed by atoms with Crippen LogP contribution in [0.2, 0.25) is 0 Å². The number of fused-ring (bicyclic) bond motifs is 6. The summed E-state index contributed by atoms with van der Waals surface area (Å²) in [5.74, 6) is 0. The molecule has 4 aliphatic rings. The largest absolute Gasteiger partial charge is 1.00 e. The van der Waals surface area contributed by atoms with Gasteiger partial charge in [0.2, 0.25) is 5.69 Å². The van der Waals surface area contributed by atoms with E-state index in [4.69, 9.17) is 0 Å². The molecular formula is C39H47N2Na4O12P2S2-. The molecule has 22 heteroatoms. The molecule has 2 unspecified atom stereocenters. The van der Waals surface area contributed by atoms with E-state index in [1.807, 2.05) is 42.2 Å². The van der Waals surface area contributed by atoms with Crippen LogP contribution in [0.4, 0.5) is 11.4 Å². The van der Waals surface area contributed by atoms with Crippen molar-refractivity contribution in [3.8, 4) is 0 Å². The van der Waals surface area contributed by atoms with Gasteiger partial charge in [0.1, 0.15) is 16.7 Å². The van der Waals surface area contributed by atoms with Crippen LogP contribution in [0.15, 0.2) is 81.3 Å². The van der Waals surface area contributed by atoms with Gasteiger partial charge in [0.05, 0.1) is 22.4 Å². The molecule has 2 aromatic rings. The summed E-state index contributed by atoms with van der Waals surface area (Å²) in [5.41, 5.74) is 4.77. The average molecular weight is 954 g/mol. The zero-order valence-corrected chi connectivity index (χ0v) is 48.2. The van der Waals surface area contributed by atoms with Gasteiger partial charge in [0.25, 0.3) is 0 Å². The fourth-order valence-electron chi connectivity index (χ4n) is 9.50. The summed E-state index contributed by atoms with van der Waals surface area (Å²) in [6, 6.07) is 9.89. The van der Waals surface area contributed by atoms with Crippen molar-refractivity contribution in [1.29, 1.82) is 0 Å². The van der Waals surface area contributed by atoms with Crippen molar-refractivity contribution in [1.82, 2.24) is 0 Å². The molecular weight excluding hydrogens is 906 g/mol. The van der Waals surface area contributed by atoms with Gasteiger partial charge in [0, 0.05) is 51.9 Å². The third-order valence-corrected chi connectivity index (χ3v) is 16.2. The molecule has 0 bridgehead atoms. The quantitative estimate of drug-likeness (QED) is 0.0326. The molecule has 312 valence electrons. The van der Waals surface area contributed by atoms with E-state index in [1.54, 1.807) is 12.1 Å². The van der Waals surface area contributed by atoms with Crippen molar-refractivity contribution in [3.05, 3.63) is 82.6 Å². The van der Waals surface area contributed by atoms with Crippen LogP contribution in [0.1, 0.15) is 91.2 Å². The Bertz CT molecular complexity index is 2310. The van der Waals surface area contributed by atoms with Crippen LogP contribution in [-0.4, -0.2) is 48.7 Å². The topological polar surface area (TPSA) is 231 Å². The van der Waals surface area contributed by atoms with Gasteiger partial charge in [0.15, 0.2) is 5.71 Å². The Labute approximate surface area is 452 Å². The summed E-state index contributed by atoms with van der Waals surface area (Å²) in [5, 5.41) is 14.2. The van der Waals surface area contributed by atoms with Gasteiger partial charge in [-0.15, -0.1) is 0 Å². The van der Waals surface area contributed by atoms with Crippen molar-refractivity contribution in [2.45, 2.75) is 101 Å². The Hall–Kier alpha value is 1.57. The number of allylic oxidation sites excluding steroid dienone is 6. The average Bonchev–Trinajstić information content (AvgIpc) is 3.51. The SMILES string of the molecule is CC1(C)CCC(/C=C/C=C2\CCC(C)(C)C3(C)C2=[N+](CCCP(=O)([O-])[O-])c2ccc(SOO[O-])cc23)=C2N(CCCP(=O)([O-])[O-])c3ccc(S(=O)(=O)[O-])cc3C21C.[Na+].[Na+].[Na+].[Na+]. The van der Waals surface area contributed by atoms with Crippen LogP contribution in [0.25, 0.3) is 0 Å². The third kappa shape index (κ3) is 11.9. The van der Waals surface area contributed by atoms with Crippen LogP contribution in [0.3, 0.4) is 0 Å². The van der Waals surface area contributed by atoms with Crippen molar-refractivity contribution in [2.24, 2.45) is 10.8 Å². The molecule has 0 radical (unpaired) electrons. The van der Waals surface area contributed by atoms with Crippen LogP contribution < -0.4 is 148 Å². The molecule has 0 aromatic heterocycles. The standard InChI is InChI=1S/C39H52N2O12P2S2.4Na/c1-36(2)18-16-26(34-38(36,5)30-24-28(56-53-52-42)12-14-32(30)40(34)20-8-22-54(43,44)45)10-7-11-27-17-19-37(3,4)39(6)31-25-29(57(49,50)51)13-15-33(31)41(35(27)39)21-9-23-55(46,47)48;;;;/h7,10-15,24-25H,8-9,16-23H2,1-6H3,(H5-,42,43,44,45,46,47,48,49,50,51);;;;/q;4*+1/p-5. The summed E-state index contributed by atoms with van der Waals surface area (Å²) in [6.07, 6.45) is 7.95. The van der Waals surface area contributed by atoms with Crippen molar-refractivity contribution < 1.29 is 179 Å². The molecule has 2 heterocycles. The molecule has 1 saturated carbocycles. The minimum Gasteiger partial charge on any atom is -0.811 e. The summed E-state index contributed by atoms with van der Waals surface area (Å²) in [7, 11) is -14.3. The number of anilines is 1. The summed E-state index contributed by atoms with van der Waals surface area (Å²) < 4.78 is 66.7. The first-order valence-electron chi connectivity index (χ1n) is 18.8. The van der Waals surface area contributed by atoms with Crippen molar-refractivity contribution in [2.75, 3.05) is 30.3 Å². The van der Waals surface area contributed by atoms with Gasteiger partial charge in [-0.3, -0.25) is 5.04 Å². The predicted molar refractivity (Wildman–Crippen MR) is 205 cm³/mol. The maximum Gasteiger partial charge on any atom is 1.00 e. The molecule has 61 heavy (non-hydrogen) atoms.